The minimum Gasteiger partial charge on any atom is -0.471 e. The van der Waals surface area contributed by atoms with E-state index in [4.69, 9.17) is 16.3 Å². The Hall–Kier alpha value is -2.67. The van der Waals surface area contributed by atoms with E-state index in [0.717, 1.165) is 5.56 Å². The second-order valence-corrected chi connectivity index (χ2v) is 5.35. The van der Waals surface area contributed by atoms with E-state index in [0.29, 0.717) is 23.0 Å². The summed E-state index contributed by atoms with van der Waals surface area (Å²) in [6.45, 7) is 3.72. The van der Waals surface area contributed by atoms with Gasteiger partial charge in [-0.3, -0.25) is 5.01 Å². The molecule has 0 bridgehead atoms. The monoisotopic (exact) mass is 334 g/mol. The molecule has 0 aliphatic rings. The van der Waals surface area contributed by atoms with Gasteiger partial charge in [-0.15, -0.1) is 0 Å². The van der Waals surface area contributed by atoms with E-state index in [1.54, 1.807) is 19.2 Å². The van der Waals surface area contributed by atoms with Crippen molar-refractivity contribution in [1.82, 2.24) is 4.98 Å². The van der Waals surface area contributed by atoms with Gasteiger partial charge in [0.05, 0.1) is 11.4 Å². The molecule has 1 aromatic carbocycles. The van der Waals surface area contributed by atoms with Crippen LogP contribution in [-0.4, -0.2) is 11.6 Å². The molecule has 5 nitrogen and oxygen atoms in total. The first-order chi connectivity index (χ1) is 11.4. The summed E-state index contributed by atoms with van der Waals surface area (Å²) in [5.74, 6) is 6.51. The van der Waals surface area contributed by atoms with Crippen LogP contribution in [0.5, 0.6) is 5.88 Å². The largest absolute Gasteiger partial charge is 0.471 e. The first-order valence-electron chi connectivity index (χ1n) is 7.32. The number of benzene rings is 1. The third kappa shape index (κ3) is 4.42. The zero-order valence-corrected chi connectivity index (χ0v) is 13.5. The average molecular weight is 334 g/mol. The van der Waals surface area contributed by atoms with Gasteiger partial charge < -0.3 is 10.5 Å². The fraction of sp³-hybridized carbons (Fsp3) is 0.235. The van der Waals surface area contributed by atoms with Gasteiger partial charge >= 0.3 is 0 Å². The van der Waals surface area contributed by atoms with Crippen LogP contribution >= 0.6 is 0 Å². The van der Waals surface area contributed by atoms with E-state index in [2.05, 4.69) is 4.98 Å². The Morgan fingerprint density at radius 2 is 1.88 bits per heavy atom. The maximum atomic E-state index is 12.6. The van der Waals surface area contributed by atoms with Crippen LogP contribution in [0.15, 0.2) is 54.0 Å². The second-order valence-electron chi connectivity index (χ2n) is 5.35. The van der Waals surface area contributed by atoms with Gasteiger partial charge in [0.2, 0.25) is 5.88 Å². The highest BCUT2D eigenvalue weighted by Crippen LogP contribution is 2.23. The number of aryl methyl sites for hydroxylation is 1. The van der Waals surface area contributed by atoms with Gasteiger partial charge in [0, 0.05) is 23.5 Å². The quantitative estimate of drug-likeness (QED) is 0.626. The number of nitrogens with two attached hydrogens (primary N) is 2. The van der Waals surface area contributed by atoms with Crippen molar-refractivity contribution in [2.75, 3.05) is 11.6 Å². The standard InChI is InChI=1S/C17H20F2N4O/c1-11-3-8-16(22-9-11)24-10-15(12(2)20)23(21)14-6-4-13(5-7-14)17(18)19/h3-9,17H,10,20-21H2,1-2H3/b15-12-. The highest BCUT2D eigenvalue weighted by atomic mass is 19.3. The molecule has 1 aromatic heterocycles. The minimum absolute atomic E-state index is 0.0674. The molecule has 24 heavy (non-hydrogen) atoms. The van der Waals surface area contributed by atoms with Crippen LogP contribution < -0.4 is 21.3 Å². The predicted molar refractivity (Wildman–Crippen MR) is 89.4 cm³/mol. The molecule has 2 aromatic rings. The number of anilines is 1. The SMILES string of the molecule is C/C(N)=C(\COc1ccc(C)cn1)N(N)c1ccc(C(F)F)cc1. The Labute approximate surface area is 139 Å². The zero-order chi connectivity index (χ0) is 17.7. The number of hydrazine groups is 1. The summed E-state index contributed by atoms with van der Waals surface area (Å²) < 4.78 is 30.8. The lowest BCUT2D eigenvalue weighted by Crippen LogP contribution is -2.35. The van der Waals surface area contributed by atoms with Gasteiger partial charge in [-0.05, 0) is 31.5 Å². The highest BCUT2D eigenvalue weighted by molar-refractivity contribution is 5.52. The Kier molecular flexibility index (Phi) is 5.70. The Bertz CT molecular complexity index is 696. The van der Waals surface area contributed by atoms with E-state index in [-0.39, 0.29) is 12.2 Å². The van der Waals surface area contributed by atoms with Crippen molar-refractivity contribution in [3.05, 3.63) is 65.1 Å². The van der Waals surface area contributed by atoms with Gasteiger partial charge in [-0.25, -0.2) is 19.6 Å². The molecule has 7 heteroatoms. The van der Waals surface area contributed by atoms with Crippen molar-refractivity contribution in [3.8, 4) is 5.88 Å². The lowest BCUT2D eigenvalue weighted by Gasteiger charge is -2.23. The van der Waals surface area contributed by atoms with Crippen LogP contribution in [0.25, 0.3) is 0 Å². The number of ether oxygens (including phenoxy) is 1. The van der Waals surface area contributed by atoms with E-state index in [9.17, 15) is 8.78 Å². The van der Waals surface area contributed by atoms with E-state index >= 15 is 0 Å². The normalized spacial score (nSPS) is 12.1. The van der Waals surface area contributed by atoms with Crippen LogP contribution in [0, 0.1) is 6.92 Å². The van der Waals surface area contributed by atoms with E-state index in [1.165, 1.54) is 29.3 Å². The Balaban J connectivity index is 2.12. The third-order valence-electron chi connectivity index (χ3n) is 3.41. The van der Waals surface area contributed by atoms with Crippen molar-refractivity contribution in [2.24, 2.45) is 11.6 Å². The minimum atomic E-state index is -2.52. The summed E-state index contributed by atoms with van der Waals surface area (Å²) in [4.78, 5) is 4.14. The van der Waals surface area contributed by atoms with Gasteiger partial charge in [0.15, 0.2) is 0 Å². The van der Waals surface area contributed by atoms with Gasteiger partial charge in [0.1, 0.15) is 6.61 Å². The molecular formula is C17H20F2N4O. The van der Waals surface area contributed by atoms with E-state index in [1.807, 2.05) is 13.0 Å². The molecule has 0 spiro atoms. The summed E-state index contributed by atoms with van der Waals surface area (Å²) in [5, 5.41) is 1.32. The number of nitrogens with zero attached hydrogens (tertiary/aromatic N) is 2. The molecule has 0 aliphatic heterocycles. The molecule has 0 atom stereocenters. The molecule has 0 radical (unpaired) electrons. The van der Waals surface area contributed by atoms with Crippen LogP contribution in [0.4, 0.5) is 14.5 Å². The van der Waals surface area contributed by atoms with Crippen molar-refractivity contribution < 1.29 is 13.5 Å². The molecular weight excluding hydrogens is 314 g/mol. The molecule has 0 saturated carbocycles. The third-order valence-corrected chi connectivity index (χ3v) is 3.41. The molecule has 0 amide bonds. The number of rotatable bonds is 6. The number of pyridine rings is 1. The number of alkyl halides is 2. The van der Waals surface area contributed by atoms with Crippen molar-refractivity contribution in [2.45, 2.75) is 20.3 Å². The van der Waals surface area contributed by atoms with Crippen LogP contribution in [0.2, 0.25) is 0 Å². The lowest BCUT2D eigenvalue weighted by molar-refractivity contribution is 0.151. The Morgan fingerprint density at radius 1 is 1.21 bits per heavy atom. The molecule has 1 heterocycles. The van der Waals surface area contributed by atoms with E-state index < -0.39 is 6.43 Å². The molecule has 0 aliphatic carbocycles. The summed E-state index contributed by atoms with van der Waals surface area (Å²) >= 11 is 0. The topological polar surface area (TPSA) is 77.4 Å². The number of halogens is 2. The van der Waals surface area contributed by atoms with Crippen LogP contribution in [0.3, 0.4) is 0 Å². The number of aromatic nitrogens is 1. The zero-order valence-electron chi connectivity index (χ0n) is 13.5. The van der Waals surface area contributed by atoms with Crippen molar-refractivity contribution >= 4 is 5.69 Å². The van der Waals surface area contributed by atoms with Gasteiger partial charge in [-0.1, -0.05) is 18.2 Å². The van der Waals surface area contributed by atoms with Crippen LogP contribution in [0.1, 0.15) is 24.5 Å². The van der Waals surface area contributed by atoms with Crippen molar-refractivity contribution in [3.63, 3.8) is 0 Å². The first-order valence-corrected chi connectivity index (χ1v) is 7.32. The molecule has 2 rings (SSSR count). The number of allylic oxidation sites excluding steroid dienone is 1. The molecule has 0 saturated heterocycles. The maximum Gasteiger partial charge on any atom is 0.263 e. The highest BCUT2D eigenvalue weighted by Gasteiger charge is 2.13. The lowest BCUT2D eigenvalue weighted by atomic mass is 10.2. The molecule has 0 unspecified atom stereocenters. The fourth-order valence-corrected chi connectivity index (χ4v) is 1.99. The molecule has 0 fully saturated rings. The number of hydrogen-bond donors (Lipinski definition) is 2. The maximum absolute atomic E-state index is 12.6. The van der Waals surface area contributed by atoms with Gasteiger partial charge in [0.25, 0.3) is 6.43 Å². The summed E-state index contributed by atoms with van der Waals surface area (Å²) in [7, 11) is 0. The fourth-order valence-electron chi connectivity index (χ4n) is 1.99. The second kappa shape index (κ2) is 7.74. The summed E-state index contributed by atoms with van der Waals surface area (Å²) in [6, 6.07) is 9.29. The average Bonchev–Trinajstić information content (AvgIpc) is 2.56. The van der Waals surface area contributed by atoms with Crippen molar-refractivity contribution in [1.29, 1.82) is 0 Å². The predicted octanol–water partition coefficient (Wildman–Crippen LogP) is 3.28. The Morgan fingerprint density at radius 3 is 2.38 bits per heavy atom. The van der Waals surface area contributed by atoms with Crippen LogP contribution in [-0.2, 0) is 0 Å². The first kappa shape index (κ1) is 17.7. The summed E-state index contributed by atoms with van der Waals surface area (Å²) in [5.41, 5.74) is 8.34. The summed E-state index contributed by atoms with van der Waals surface area (Å²) in [6.07, 6.45) is -0.829. The molecule has 4 N–H and O–H groups in total. The molecule has 128 valence electrons. The smallest absolute Gasteiger partial charge is 0.263 e. The van der Waals surface area contributed by atoms with Gasteiger partial charge in [-0.2, -0.15) is 0 Å². The number of hydrogen-bond acceptors (Lipinski definition) is 5.